The minimum atomic E-state index is -1.51. The first kappa shape index (κ1) is 13.7. The van der Waals surface area contributed by atoms with Gasteiger partial charge in [0.2, 0.25) is 0 Å². The Kier molecular flexibility index (Phi) is 3.42. The summed E-state index contributed by atoms with van der Waals surface area (Å²) in [5.74, 6) is -2.64. The fraction of sp³-hybridized carbons (Fsp3) is 0.286. The van der Waals surface area contributed by atoms with Gasteiger partial charge in [-0.05, 0) is 17.7 Å². The molecule has 2 N–H and O–H groups in total. The summed E-state index contributed by atoms with van der Waals surface area (Å²) in [6, 6.07) is 2.94. The molecule has 0 radical (unpaired) electrons. The smallest absolute Gasteiger partial charge is 0.256 e. The van der Waals surface area contributed by atoms with E-state index in [0.717, 1.165) is 23.4 Å². The van der Waals surface area contributed by atoms with Crippen LogP contribution in [0.3, 0.4) is 0 Å². The molecule has 0 spiro atoms. The number of fused-ring (bicyclic) bond motifs is 1. The van der Waals surface area contributed by atoms with E-state index in [4.69, 9.17) is 0 Å². The number of hydrogen-bond acceptors (Lipinski definition) is 3. The zero-order valence-electron chi connectivity index (χ0n) is 11.0. The van der Waals surface area contributed by atoms with Gasteiger partial charge < -0.3 is 10.0 Å². The number of amides is 1. The molecule has 1 aromatic carbocycles. The molecule has 110 valence electrons. The number of benzene rings is 1. The Morgan fingerprint density at radius 1 is 1.38 bits per heavy atom. The van der Waals surface area contributed by atoms with Gasteiger partial charge in [-0.25, -0.2) is 8.78 Å². The molecule has 3 rings (SSSR count). The van der Waals surface area contributed by atoms with E-state index in [-0.39, 0.29) is 5.56 Å². The molecule has 1 unspecified atom stereocenters. The van der Waals surface area contributed by atoms with Crippen molar-refractivity contribution in [3.05, 3.63) is 52.9 Å². The highest BCUT2D eigenvalue weighted by Gasteiger charge is 2.28. The Morgan fingerprint density at radius 2 is 2.19 bits per heavy atom. The molecule has 21 heavy (non-hydrogen) atoms. The van der Waals surface area contributed by atoms with Crippen molar-refractivity contribution in [2.75, 3.05) is 6.54 Å². The van der Waals surface area contributed by atoms with Crippen LogP contribution in [0.15, 0.2) is 24.4 Å². The lowest BCUT2D eigenvalue weighted by Gasteiger charge is -2.28. The minimum absolute atomic E-state index is 0.0388. The van der Waals surface area contributed by atoms with Gasteiger partial charge in [-0.15, -0.1) is 0 Å². The summed E-state index contributed by atoms with van der Waals surface area (Å²) >= 11 is 0. The van der Waals surface area contributed by atoms with Crippen molar-refractivity contribution >= 4 is 5.91 Å². The first-order valence-electron chi connectivity index (χ1n) is 6.49. The first-order valence-corrected chi connectivity index (χ1v) is 6.49. The molecule has 0 fully saturated rings. The van der Waals surface area contributed by atoms with E-state index in [1.165, 1.54) is 11.0 Å². The normalized spacial score (nSPS) is 15.7. The molecule has 5 nitrogen and oxygen atoms in total. The molecule has 1 aromatic heterocycles. The van der Waals surface area contributed by atoms with Crippen molar-refractivity contribution in [1.29, 1.82) is 0 Å². The first-order chi connectivity index (χ1) is 10.1. The van der Waals surface area contributed by atoms with Gasteiger partial charge in [0.05, 0.1) is 6.20 Å². The van der Waals surface area contributed by atoms with Gasteiger partial charge in [0, 0.05) is 30.8 Å². The fourth-order valence-electron chi connectivity index (χ4n) is 2.41. The van der Waals surface area contributed by atoms with Crippen LogP contribution in [-0.4, -0.2) is 32.7 Å². The lowest BCUT2D eigenvalue weighted by atomic mass is 10.0. The second kappa shape index (κ2) is 5.25. The highest BCUT2D eigenvalue weighted by molar-refractivity contribution is 5.82. The maximum absolute atomic E-state index is 13.2. The van der Waals surface area contributed by atoms with Gasteiger partial charge in [-0.2, -0.15) is 5.10 Å². The number of nitrogens with zero attached hydrogens (tertiary/aromatic N) is 2. The monoisotopic (exact) mass is 293 g/mol. The summed E-state index contributed by atoms with van der Waals surface area (Å²) in [6.07, 6.45) is 0.748. The van der Waals surface area contributed by atoms with Crippen LogP contribution in [-0.2, 0) is 17.8 Å². The van der Waals surface area contributed by atoms with Crippen molar-refractivity contribution in [2.24, 2.45) is 0 Å². The van der Waals surface area contributed by atoms with E-state index in [1.807, 2.05) is 0 Å². The number of aliphatic hydroxyl groups excluding tert-OH is 1. The van der Waals surface area contributed by atoms with E-state index in [1.54, 1.807) is 6.20 Å². The van der Waals surface area contributed by atoms with Crippen molar-refractivity contribution in [3.8, 4) is 0 Å². The Hall–Kier alpha value is -2.28. The SMILES string of the molecule is O=C(C(O)c1ccc(F)c(F)c1)N1CCc2[nH]ncc2C1. The summed E-state index contributed by atoms with van der Waals surface area (Å²) in [5, 5.41) is 16.8. The Morgan fingerprint density at radius 3 is 2.95 bits per heavy atom. The number of aromatic amines is 1. The molecule has 0 bridgehead atoms. The van der Waals surface area contributed by atoms with Crippen molar-refractivity contribution in [3.63, 3.8) is 0 Å². The van der Waals surface area contributed by atoms with Gasteiger partial charge in [0.25, 0.3) is 5.91 Å². The average molecular weight is 293 g/mol. The Bertz CT molecular complexity index is 687. The maximum atomic E-state index is 13.2. The molecule has 1 atom stereocenters. The fourth-order valence-corrected chi connectivity index (χ4v) is 2.41. The minimum Gasteiger partial charge on any atom is -0.378 e. The third kappa shape index (κ3) is 2.52. The maximum Gasteiger partial charge on any atom is 0.256 e. The summed E-state index contributed by atoms with van der Waals surface area (Å²) < 4.78 is 26.1. The molecule has 2 heterocycles. The number of halogens is 2. The summed E-state index contributed by atoms with van der Waals surface area (Å²) in [4.78, 5) is 13.7. The quantitative estimate of drug-likeness (QED) is 0.877. The molecule has 7 heteroatoms. The predicted octanol–water partition coefficient (Wildman–Crippen LogP) is 1.31. The lowest BCUT2D eigenvalue weighted by Crippen LogP contribution is -2.38. The van der Waals surface area contributed by atoms with Crippen molar-refractivity contribution < 1.29 is 18.7 Å². The summed E-state index contributed by atoms with van der Waals surface area (Å²) in [7, 11) is 0. The number of aliphatic hydroxyl groups is 1. The highest BCUT2D eigenvalue weighted by Crippen LogP contribution is 2.22. The number of H-pyrrole nitrogens is 1. The van der Waals surface area contributed by atoms with Gasteiger partial charge in [-0.1, -0.05) is 6.07 Å². The third-order valence-electron chi connectivity index (χ3n) is 3.61. The molecular formula is C14H13F2N3O2. The third-order valence-corrected chi connectivity index (χ3v) is 3.61. The molecule has 1 aliphatic rings. The average Bonchev–Trinajstić information content (AvgIpc) is 2.96. The Balaban J connectivity index is 1.77. The van der Waals surface area contributed by atoms with Gasteiger partial charge in [0.1, 0.15) is 0 Å². The van der Waals surface area contributed by atoms with Crippen LogP contribution in [0.1, 0.15) is 22.9 Å². The largest absolute Gasteiger partial charge is 0.378 e. The van der Waals surface area contributed by atoms with Crippen molar-refractivity contribution in [2.45, 2.75) is 19.1 Å². The molecule has 1 amide bonds. The number of nitrogens with one attached hydrogen (secondary N) is 1. The summed E-state index contributed by atoms with van der Waals surface area (Å²) in [6.45, 7) is 0.778. The van der Waals surface area contributed by atoms with Crippen molar-refractivity contribution in [1.82, 2.24) is 15.1 Å². The van der Waals surface area contributed by atoms with Gasteiger partial charge >= 0.3 is 0 Å². The summed E-state index contributed by atoms with van der Waals surface area (Å²) in [5.41, 5.74) is 1.91. The molecule has 0 aliphatic carbocycles. The van der Waals surface area contributed by atoms with E-state index >= 15 is 0 Å². The zero-order chi connectivity index (χ0) is 15.0. The number of hydrogen-bond donors (Lipinski definition) is 2. The Labute approximate surface area is 119 Å². The van der Waals surface area contributed by atoms with Crippen LogP contribution in [0.4, 0.5) is 8.78 Å². The highest BCUT2D eigenvalue weighted by atomic mass is 19.2. The zero-order valence-corrected chi connectivity index (χ0v) is 11.0. The number of carbonyl (C=O) groups is 1. The van der Waals surface area contributed by atoms with Crippen LogP contribution < -0.4 is 0 Å². The van der Waals surface area contributed by atoms with Gasteiger partial charge in [0.15, 0.2) is 17.7 Å². The standard InChI is InChI=1S/C14H13F2N3O2/c15-10-2-1-8(5-11(10)16)13(20)14(21)19-4-3-12-9(7-19)6-17-18-12/h1-2,5-6,13,20H,3-4,7H2,(H,17,18). The van der Waals surface area contributed by atoms with E-state index < -0.39 is 23.6 Å². The molecule has 0 saturated heterocycles. The van der Waals surface area contributed by atoms with E-state index in [0.29, 0.717) is 19.5 Å². The molecular weight excluding hydrogens is 280 g/mol. The molecule has 0 saturated carbocycles. The van der Waals surface area contributed by atoms with Crippen LogP contribution in [0.25, 0.3) is 0 Å². The lowest BCUT2D eigenvalue weighted by molar-refractivity contribution is -0.141. The van der Waals surface area contributed by atoms with Gasteiger partial charge in [-0.3, -0.25) is 9.89 Å². The topological polar surface area (TPSA) is 69.2 Å². The van der Waals surface area contributed by atoms with Crippen LogP contribution in [0, 0.1) is 11.6 Å². The van der Waals surface area contributed by atoms with E-state index in [2.05, 4.69) is 10.2 Å². The predicted molar refractivity (Wildman–Crippen MR) is 69.0 cm³/mol. The van der Waals surface area contributed by atoms with Crippen LogP contribution in [0.5, 0.6) is 0 Å². The second-order valence-corrected chi connectivity index (χ2v) is 4.96. The number of carbonyl (C=O) groups excluding carboxylic acids is 1. The van der Waals surface area contributed by atoms with Crippen LogP contribution >= 0.6 is 0 Å². The molecule has 2 aromatic rings. The number of rotatable bonds is 2. The van der Waals surface area contributed by atoms with Crippen LogP contribution in [0.2, 0.25) is 0 Å². The molecule has 1 aliphatic heterocycles. The number of aromatic nitrogens is 2. The second-order valence-electron chi connectivity index (χ2n) is 4.96. The van der Waals surface area contributed by atoms with E-state index in [9.17, 15) is 18.7 Å².